The molecule has 2 rings (SSSR count). The number of nitrogens with two attached hydrogens (primary N) is 1. The molecule has 2 N–H and O–H groups in total. The van der Waals surface area contributed by atoms with Gasteiger partial charge in [-0.2, -0.15) is 0 Å². The molecule has 2 heterocycles. The van der Waals surface area contributed by atoms with Gasteiger partial charge in [0.1, 0.15) is 0 Å². The third-order valence-corrected chi connectivity index (χ3v) is 4.18. The molecular weight excluding hydrogens is 244 g/mol. The number of anilines is 1. The van der Waals surface area contributed by atoms with Crippen molar-refractivity contribution in [2.45, 2.75) is 39.2 Å². The van der Waals surface area contributed by atoms with Crippen LogP contribution in [-0.2, 0) is 6.42 Å². The second kappa shape index (κ2) is 5.71. The Bertz CT molecular complexity index is 502. The summed E-state index contributed by atoms with van der Waals surface area (Å²) >= 11 is 1.68. The maximum atomic E-state index is 5.73. The van der Waals surface area contributed by atoms with E-state index in [0.29, 0.717) is 12.6 Å². The van der Waals surface area contributed by atoms with Gasteiger partial charge in [0, 0.05) is 31.1 Å². The van der Waals surface area contributed by atoms with E-state index in [2.05, 4.69) is 41.8 Å². The number of aromatic nitrogens is 2. The summed E-state index contributed by atoms with van der Waals surface area (Å²) in [5, 5.41) is 2.07. The molecule has 0 aliphatic rings. The number of imidazole rings is 1. The third-order valence-electron chi connectivity index (χ3n) is 3.42. The summed E-state index contributed by atoms with van der Waals surface area (Å²) in [7, 11) is 2.13. The quantitative estimate of drug-likeness (QED) is 0.874. The van der Waals surface area contributed by atoms with Gasteiger partial charge >= 0.3 is 0 Å². The lowest BCUT2D eigenvalue weighted by Gasteiger charge is -2.25. The van der Waals surface area contributed by atoms with Crippen LogP contribution in [0.25, 0.3) is 4.96 Å². The first-order chi connectivity index (χ1) is 8.69. The van der Waals surface area contributed by atoms with Crippen LogP contribution >= 0.6 is 11.3 Å². The van der Waals surface area contributed by atoms with E-state index >= 15 is 0 Å². The van der Waals surface area contributed by atoms with Gasteiger partial charge in [-0.15, -0.1) is 11.3 Å². The fourth-order valence-electron chi connectivity index (χ4n) is 2.29. The Morgan fingerprint density at radius 3 is 3.00 bits per heavy atom. The van der Waals surface area contributed by atoms with Crippen molar-refractivity contribution >= 4 is 22.1 Å². The molecule has 2 aromatic rings. The van der Waals surface area contributed by atoms with Crippen molar-refractivity contribution in [1.82, 2.24) is 9.38 Å². The van der Waals surface area contributed by atoms with Gasteiger partial charge in [0.25, 0.3) is 0 Å². The van der Waals surface area contributed by atoms with Gasteiger partial charge in [0.15, 0.2) is 10.8 Å². The molecule has 0 aromatic carbocycles. The Labute approximate surface area is 112 Å². The van der Waals surface area contributed by atoms with E-state index < -0.39 is 0 Å². The molecule has 0 bridgehead atoms. The zero-order valence-electron chi connectivity index (χ0n) is 11.4. The molecule has 0 saturated carbocycles. The molecule has 0 fully saturated rings. The van der Waals surface area contributed by atoms with E-state index in [4.69, 9.17) is 10.7 Å². The molecule has 4 nitrogen and oxygen atoms in total. The Morgan fingerprint density at radius 2 is 2.33 bits per heavy atom. The molecular formula is C13H22N4S. The highest BCUT2D eigenvalue weighted by Crippen LogP contribution is 2.26. The molecule has 1 atom stereocenters. The Kier molecular flexibility index (Phi) is 4.24. The lowest BCUT2D eigenvalue weighted by atomic mass is 10.1. The Hall–Kier alpha value is -1.07. The first kappa shape index (κ1) is 13.4. The predicted octanol–water partition coefficient (Wildman–Crippen LogP) is 2.52. The van der Waals surface area contributed by atoms with E-state index in [0.717, 1.165) is 17.2 Å². The van der Waals surface area contributed by atoms with Crippen LogP contribution in [0.15, 0.2) is 11.6 Å². The first-order valence-corrected chi connectivity index (χ1v) is 7.44. The largest absolute Gasteiger partial charge is 0.355 e. The first-order valence-electron chi connectivity index (χ1n) is 6.56. The highest BCUT2D eigenvalue weighted by Gasteiger charge is 2.19. The van der Waals surface area contributed by atoms with Crippen LogP contribution in [0.2, 0.25) is 0 Å². The van der Waals surface area contributed by atoms with Gasteiger partial charge in [0.2, 0.25) is 0 Å². The maximum absolute atomic E-state index is 5.73. The average molecular weight is 266 g/mol. The van der Waals surface area contributed by atoms with Gasteiger partial charge in [-0.1, -0.05) is 13.3 Å². The molecule has 0 amide bonds. The van der Waals surface area contributed by atoms with Gasteiger partial charge in [-0.25, -0.2) is 4.98 Å². The fourth-order valence-corrected chi connectivity index (χ4v) is 3.02. The minimum atomic E-state index is 0.510. The van der Waals surface area contributed by atoms with Crippen molar-refractivity contribution in [2.24, 2.45) is 5.73 Å². The number of fused-ring (bicyclic) bond motifs is 1. The van der Waals surface area contributed by atoms with Crippen molar-refractivity contribution in [3.63, 3.8) is 0 Å². The number of hydrogen-bond donors (Lipinski definition) is 1. The Balaban J connectivity index is 2.36. The molecule has 0 aliphatic carbocycles. The summed E-state index contributed by atoms with van der Waals surface area (Å²) in [6.07, 6.45) is 5.33. The smallest absolute Gasteiger partial charge is 0.195 e. The topological polar surface area (TPSA) is 46.6 Å². The zero-order valence-corrected chi connectivity index (χ0v) is 12.2. The monoisotopic (exact) mass is 266 g/mol. The van der Waals surface area contributed by atoms with Crippen LogP contribution in [0.1, 0.15) is 32.4 Å². The second-order valence-corrected chi connectivity index (χ2v) is 5.60. The van der Waals surface area contributed by atoms with Gasteiger partial charge < -0.3 is 10.6 Å². The zero-order chi connectivity index (χ0) is 13.1. The van der Waals surface area contributed by atoms with Gasteiger partial charge in [0.05, 0.1) is 5.69 Å². The van der Waals surface area contributed by atoms with Crippen molar-refractivity contribution in [3.8, 4) is 0 Å². The van der Waals surface area contributed by atoms with Crippen LogP contribution in [0.4, 0.5) is 5.82 Å². The Morgan fingerprint density at radius 1 is 1.56 bits per heavy atom. The molecule has 18 heavy (non-hydrogen) atoms. The molecule has 5 heteroatoms. The molecule has 0 aliphatic heterocycles. The molecule has 100 valence electrons. The number of hydrogen-bond acceptors (Lipinski definition) is 4. The lowest BCUT2D eigenvalue weighted by Crippen LogP contribution is -2.30. The van der Waals surface area contributed by atoms with Crippen LogP contribution in [0.3, 0.4) is 0 Å². The summed E-state index contributed by atoms with van der Waals surface area (Å²) in [5.41, 5.74) is 6.96. The van der Waals surface area contributed by atoms with Crippen molar-refractivity contribution in [1.29, 1.82) is 0 Å². The molecule has 0 radical (unpaired) electrons. The number of thiazole rings is 1. The standard InChI is InChI=1S/C13H22N4S/c1-4-5-10(2)16(3)12-11(6-7-14)17-8-9-18-13(17)15-12/h8-10H,4-7,14H2,1-3H3. The van der Waals surface area contributed by atoms with Crippen molar-refractivity contribution < 1.29 is 0 Å². The van der Waals surface area contributed by atoms with Crippen LogP contribution in [0, 0.1) is 0 Å². The van der Waals surface area contributed by atoms with Crippen molar-refractivity contribution in [3.05, 3.63) is 17.3 Å². The van der Waals surface area contributed by atoms with E-state index in [-0.39, 0.29) is 0 Å². The van der Waals surface area contributed by atoms with E-state index in [1.54, 1.807) is 11.3 Å². The van der Waals surface area contributed by atoms with E-state index in [1.165, 1.54) is 18.5 Å². The second-order valence-electron chi connectivity index (χ2n) is 4.72. The van der Waals surface area contributed by atoms with Gasteiger partial charge in [-0.3, -0.25) is 4.40 Å². The highest BCUT2D eigenvalue weighted by atomic mass is 32.1. The van der Waals surface area contributed by atoms with E-state index in [9.17, 15) is 0 Å². The predicted molar refractivity (Wildman–Crippen MR) is 78.6 cm³/mol. The number of nitrogens with zero attached hydrogens (tertiary/aromatic N) is 3. The summed E-state index contributed by atoms with van der Waals surface area (Å²) in [5.74, 6) is 1.09. The highest BCUT2D eigenvalue weighted by molar-refractivity contribution is 7.15. The third kappa shape index (κ3) is 2.37. The molecule has 1 unspecified atom stereocenters. The van der Waals surface area contributed by atoms with Crippen LogP contribution in [-0.4, -0.2) is 29.0 Å². The van der Waals surface area contributed by atoms with E-state index in [1.807, 2.05) is 0 Å². The minimum absolute atomic E-state index is 0.510. The molecule has 2 aromatic heterocycles. The lowest BCUT2D eigenvalue weighted by molar-refractivity contribution is 0.610. The van der Waals surface area contributed by atoms with Crippen LogP contribution in [0.5, 0.6) is 0 Å². The SMILES string of the molecule is CCCC(C)N(C)c1nc2sccn2c1CCN. The summed E-state index contributed by atoms with van der Waals surface area (Å²) in [6.45, 7) is 5.13. The van der Waals surface area contributed by atoms with Crippen molar-refractivity contribution in [2.75, 3.05) is 18.5 Å². The van der Waals surface area contributed by atoms with Crippen LogP contribution < -0.4 is 10.6 Å². The number of rotatable bonds is 6. The molecule has 0 saturated heterocycles. The summed E-state index contributed by atoms with van der Waals surface area (Å²) < 4.78 is 2.17. The summed E-state index contributed by atoms with van der Waals surface area (Å²) in [4.78, 5) is 8.09. The normalized spacial score (nSPS) is 13.1. The van der Waals surface area contributed by atoms with Gasteiger partial charge in [-0.05, 0) is 19.9 Å². The minimum Gasteiger partial charge on any atom is -0.355 e. The fraction of sp³-hybridized carbons (Fsp3) is 0.615. The maximum Gasteiger partial charge on any atom is 0.195 e. The average Bonchev–Trinajstić information content (AvgIpc) is 2.91. The molecule has 0 spiro atoms. The summed E-state index contributed by atoms with van der Waals surface area (Å²) in [6, 6.07) is 0.510.